The number of benzene rings is 4. The first-order chi connectivity index (χ1) is 20.7. The minimum absolute atomic E-state index is 0. The zero-order chi connectivity index (χ0) is 30.0. The molecule has 0 fully saturated rings. The van der Waals surface area contributed by atoms with Crippen LogP contribution in [0.2, 0.25) is 19.6 Å². The SMILES string of the molecule is CC1(C)c2cc(-c3[c-]cccc3)ncc2-c2cccc(-c3ccccc3)c21.C[Si](C)(C)c1ccc(-c2[c-]cccc2)nc1.[Ir]. The molecule has 1 aliphatic rings. The first-order valence-electron chi connectivity index (χ1n) is 14.8. The average Bonchev–Trinajstić information content (AvgIpc) is 3.28. The fourth-order valence-corrected chi connectivity index (χ4v) is 6.91. The van der Waals surface area contributed by atoms with E-state index in [4.69, 9.17) is 4.98 Å². The summed E-state index contributed by atoms with van der Waals surface area (Å²) in [4.78, 5) is 9.28. The van der Waals surface area contributed by atoms with E-state index in [1.54, 1.807) is 0 Å². The molecule has 0 N–H and O–H groups in total. The molecule has 0 saturated heterocycles. The third-order valence-corrected chi connectivity index (χ3v) is 10.3. The summed E-state index contributed by atoms with van der Waals surface area (Å²) < 4.78 is 0. The van der Waals surface area contributed by atoms with Gasteiger partial charge in [-0.2, -0.15) is 0 Å². The zero-order valence-corrected chi connectivity index (χ0v) is 29.2. The Morgan fingerprint density at radius 2 is 1.20 bits per heavy atom. The summed E-state index contributed by atoms with van der Waals surface area (Å²) in [6.45, 7) is 11.6. The van der Waals surface area contributed by atoms with Crippen molar-refractivity contribution in [2.24, 2.45) is 0 Å². The van der Waals surface area contributed by atoms with Gasteiger partial charge in [-0.25, -0.2) is 0 Å². The van der Waals surface area contributed by atoms with Gasteiger partial charge in [0.2, 0.25) is 0 Å². The minimum atomic E-state index is -1.23. The summed E-state index contributed by atoms with van der Waals surface area (Å²) in [5.41, 5.74) is 11.8. The summed E-state index contributed by atoms with van der Waals surface area (Å²) >= 11 is 0. The van der Waals surface area contributed by atoms with Crippen LogP contribution < -0.4 is 5.19 Å². The van der Waals surface area contributed by atoms with Crippen LogP contribution >= 0.6 is 0 Å². The van der Waals surface area contributed by atoms with Crippen molar-refractivity contribution in [1.29, 1.82) is 0 Å². The van der Waals surface area contributed by atoms with Crippen molar-refractivity contribution >= 4 is 13.3 Å². The Bertz CT molecular complexity index is 1840. The Balaban J connectivity index is 0.000000194. The second-order valence-electron chi connectivity index (χ2n) is 12.6. The molecule has 0 spiro atoms. The maximum absolute atomic E-state index is 4.76. The molecule has 1 aliphatic carbocycles. The first-order valence-corrected chi connectivity index (χ1v) is 18.3. The fourth-order valence-electron chi connectivity index (χ4n) is 5.88. The van der Waals surface area contributed by atoms with Crippen LogP contribution in [0, 0.1) is 12.1 Å². The van der Waals surface area contributed by atoms with Crippen LogP contribution in [0.1, 0.15) is 25.0 Å². The van der Waals surface area contributed by atoms with E-state index < -0.39 is 8.07 Å². The number of pyridine rings is 2. The van der Waals surface area contributed by atoms with Gasteiger partial charge in [0.25, 0.3) is 0 Å². The van der Waals surface area contributed by atoms with Crippen LogP contribution in [-0.4, -0.2) is 18.0 Å². The number of aromatic nitrogens is 2. The number of fused-ring (bicyclic) bond motifs is 3. The van der Waals surface area contributed by atoms with Crippen LogP contribution in [0.4, 0.5) is 0 Å². The number of hydrogen-bond donors (Lipinski definition) is 0. The van der Waals surface area contributed by atoms with E-state index >= 15 is 0 Å². The van der Waals surface area contributed by atoms with Crippen LogP contribution in [0.15, 0.2) is 128 Å². The molecule has 0 saturated carbocycles. The van der Waals surface area contributed by atoms with Gasteiger partial charge in [0, 0.05) is 43.5 Å². The Morgan fingerprint density at radius 3 is 1.80 bits per heavy atom. The third-order valence-electron chi connectivity index (χ3n) is 8.24. The Kier molecular flexibility index (Phi) is 9.27. The van der Waals surface area contributed by atoms with Crippen molar-refractivity contribution in [3.63, 3.8) is 0 Å². The molecule has 0 unspecified atom stereocenters. The van der Waals surface area contributed by atoms with Crippen LogP contribution in [-0.2, 0) is 25.5 Å². The van der Waals surface area contributed by atoms with Crippen molar-refractivity contribution in [2.75, 3.05) is 0 Å². The molecule has 1 radical (unpaired) electrons. The minimum Gasteiger partial charge on any atom is -0.305 e. The topological polar surface area (TPSA) is 25.8 Å². The van der Waals surface area contributed by atoms with E-state index in [9.17, 15) is 0 Å². The summed E-state index contributed by atoms with van der Waals surface area (Å²) in [6.07, 6.45) is 4.05. The maximum atomic E-state index is 4.76. The van der Waals surface area contributed by atoms with Crippen molar-refractivity contribution in [3.8, 4) is 44.8 Å². The molecular weight excluding hydrogens is 729 g/mol. The van der Waals surface area contributed by atoms with Crippen molar-refractivity contribution < 1.29 is 20.1 Å². The monoisotopic (exact) mass is 765 g/mol. The van der Waals surface area contributed by atoms with Gasteiger partial charge in [0.15, 0.2) is 0 Å². The van der Waals surface area contributed by atoms with Gasteiger partial charge < -0.3 is 9.97 Å². The molecule has 6 aromatic rings. The predicted octanol–water partition coefficient (Wildman–Crippen LogP) is 9.61. The molecule has 2 heterocycles. The van der Waals surface area contributed by atoms with E-state index in [1.807, 2.05) is 54.9 Å². The maximum Gasteiger partial charge on any atom is 0.0795 e. The molecule has 4 heteroatoms. The Morgan fingerprint density at radius 1 is 0.591 bits per heavy atom. The van der Waals surface area contributed by atoms with Gasteiger partial charge >= 0.3 is 0 Å². The van der Waals surface area contributed by atoms with Gasteiger partial charge in [0.1, 0.15) is 0 Å². The molecule has 0 amide bonds. The summed E-state index contributed by atoms with van der Waals surface area (Å²) in [6, 6.07) is 46.3. The van der Waals surface area contributed by atoms with Crippen LogP contribution in [0.3, 0.4) is 0 Å². The molecule has 7 rings (SSSR count). The molecular formula is C40H36IrN2Si-2. The van der Waals surface area contributed by atoms with E-state index in [-0.39, 0.29) is 25.5 Å². The molecule has 2 nitrogen and oxygen atoms in total. The van der Waals surface area contributed by atoms with E-state index in [0.717, 1.165) is 22.5 Å². The number of rotatable bonds is 4. The van der Waals surface area contributed by atoms with Gasteiger partial charge in [-0.15, -0.1) is 71.8 Å². The van der Waals surface area contributed by atoms with Crippen molar-refractivity contribution in [3.05, 3.63) is 151 Å². The number of hydrogen-bond acceptors (Lipinski definition) is 2. The third kappa shape index (κ3) is 6.30. The molecule has 0 bridgehead atoms. The van der Waals surface area contributed by atoms with Gasteiger partial charge in [-0.1, -0.05) is 100 Å². The molecule has 0 atom stereocenters. The first kappa shape index (κ1) is 31.5. The molecule has 4 aromatic carbocycles. The van der Waals surface area contributed by atoms with Crippen LogP contribution in [0.25, 0.3) is 44.8 Å². The Hall–Kier alpha value is -3.95. The quantitative estimate of drug-likeness (QED) is 0.132. The smallest absolute Gasteiger partial charge is 0.0795 e. The fraction of sp³-hybridized carbons (Fsp3) is 0.150. The van der Waals surface area contributed by atoms with Crippen molar-refractivity contribution in [1.82, 2.24) is 9.97 Å². The average molecular weight is 765 g/mol. The van der Waals surface area contributed by atoms with Crippen molar-refractivity contribution in [2.45, 2.75) is 38.9 Å². The van der Waals surface area contributed by atoms with E-state index in [0.29, 0.717) is 0 Å². The summed E-state index contributed by atoms with van der Waals surface area (Å²) in [7, 11) is -1.23. The second kappa shape index (κ2) is 13.0. The summed E-state index contributed by atoms with van der Waals surface area (Å²) in [5, 5.41) is 1.40. The van der Waals surface area contributed by atoms with Gasteiger partial charge in [0.05, 0.1) is 8.07 Å². The standard InChI is InChI=1S/C26H20N.C14H16NSi.Ir/c1-26(2)23-16-24(19-12-7-4-8-13-19)27-17-22(23)21-15-9-14-20(25(21)26)18-10-5-3-6-11-18;1-16(2,3)13-9-10-14(15-11-13)12-7-5-4-6-8-12;/h3-12,14-17H,1-2H3;4-7,9-11H,1-3H3;/q2*-1;. The predicted molar refractivity (Wildman–Crippen MR) is 183 cm³/mol. The van der Waals surface area contributed by atoms with E-state index in [1.165, 1.54) is 38.6 Å². The molecule has 44 heavy (non-hydrogen) atoms. The molecule has 2 aromatic heterocycles. The van der Waals surface area contributed by atoms with Gasteiger partial charge in [-0.3, -0.25) is 0 Å². The second-order valence-corrected chi connectivity index (χ2v) is 17.6. The van der Waals surface area contributed by atoms with Crippen LogP contribution in [0.5, 0.6) is 0 Å². The molecule has 0 aliphatic heterocycles. The normalized spacial score (nSPS) is 12.7. The zero-order valence-electron chi connectivity index (χ0n) is 25.9. The van der Waals surface area contributed by atoms with Gasteiger partial charge in [-0.05, 0) is 44.4 Å². The number of nitrogens with zero attached hydrogens (tertiary/aromatic N) is 2. The van der Waals surface area contributed by atoms with E-state index in [2.05, 4.69) is 123 Å². The molecule has 221 valence electrons. The largest absolute Gasteiger partial charge is 0.305 e. The Labute approximate surface area is 276 Å². The summed E-state index contributed by atoms with van der Waals surface area (Å²) in [5.74, 6) is 0.